The Bertz CT molecular complexity index is 571. The molecule has 21 heavy (non-hydrogen) atoms. The van der Waals surface area contributed by atoms with Gasteiger partial charge >= 0.3 is 0 Å². The average molecular weight is 316 g/mol. The maximum absolute atomic E-state index is 13.8. The zero-order valence-corrected chi connectivity index (χ0v) is 14.2. The summed E-state index contributed by atoms with van der Waals surface area (Å²) in [5.41, 5.74) is 0.364. The van der Waals surface area contributed by atoms with E-state index in [0.717, 1.165) is 0 Å². The Morgan fingerprint density at radius 2 is 1.86 bits per heavy atom. The van der Waals surface area contributed by atoms with Crippen molar-refractivity contribution in [3.8, 4) is 0 Å². The predicted octanol–water partition coefficient (Wildman–Crippen LogP) is 2.60. The summed E-state index contributed by atoms with van der Waals surface area (Å²) in [4.78, 5) is 0.132. The van der Waals surface area contributed by atoms with E-state index in [2.05, 4.69) is 5.32 Å². The first-order valence-electron chi connectivity index (χ1n) is 7.12. The maximum atomic E-state index is 13.8. The monoisotopic (exact) mass is 316 g/mol. The zero-order valence-electron chi connectivity index (χ0n) is 13.4. The van der Waals surface area contributed by atoms with Crippen LogP contribution in [-0.2, 0) is 16.6 Å². The van der Waals surface area contributed by atoms with Gasteiger partial charge in [-0.05, 0) is 24.1 Å². The standard InChI is InChI=1S/C15H25FN2O2S/c1-11(2)10-18(5)21(19,20)14-6-7-15(16)13(8-14)9-17-12(3)4/h6-8,11-12,17H,9-10H2,1-5H3. The summed E-state index contributed by atoms with van der Waals surface area (Å²) >= 11 is 0. The summed E-state index contributed by atoms with van der Waals surface area (Å²) in [5, 5.41) is 3.09. The van der Waals surface area contributed by atoms with Gasteiger partial charge in [-0.25, -0.2) is 17.1 Å². The van der Waals surface area contributed by atoms with Crippen LogP contribution in [0.25, 0.3) is 0 Å². The lowest BCUT2D eigenvalue weighted by atomic mass is 10.2. The average Bonchev–Trinajstić information content (AvgIpc) is 2.36. The summed E-state index contributed by atoms with van der Waals surface area (Å²) in [6, 6.07) is 4.15. The fourth-order valence-electron chi connectivity index (χ4n) is 1.95. The molecule has 1 aromatic rings. The molecule has 0 aliphatic heterocycles. The second kappa shape index (κ2) is 7.33. The molecule has 0 aliphatic rings. The highest BCUT2D eigenvalue weighted by Crippen LogP contribution is 2.19. The Kier molecular flexibility index (Phi) is 6.31. The molecule has 0 heterocycles. The van der Waals surface area contributed by atoms with Crippen LogP contribution in [0.2, 0.25) is 0 Å². The molecule has 6 heteroatoms. The third-order valence-corrected chi connectivity index (χ3v) is 4.87. The smallest absolute Gasteiger partial charge is 0.242 e. The Morgan fingerprint density at radius 3 is 2.38 bits per heavy atom. The van der Waals surface area contributed by atoms with Gasteiger partial charge in [0.15, 0.2) is 0 Å². The number of halogens is 1. The number of rotatable bonds is 7. The number of nitrogens with zero attached hydrogens (tertiary/aromatic N) is 1. The van der Waals surface area contributed by atoms with Crippen LogP contribution in [0.4, 0.5) is 4.39 Å². The molecule has 0 bridgehead atoms. The van der Waals surface area contributed by atoms with E-state index in [4.69, 9.17) is 0 Å². The van der Waals surface area contributed by atoms with Crippen LogP contribution in [0.15, 0.2) is 23.1 Å². The van der Waals surface area contributed by atoms with E-state index in [-0.39, 0.29) is 16.9 Å². The summed E-state index contributed by atoms with van der Waals surface area (Å²) in [5.74, 6) is -0.166. The third kappa shape index (κ3) is 5.05. The van der Waals surface area contributed by atoms with Crippen LogP contribution in [0.5, 0.6) is 0 Å². The van der Waals surface area contributed by atoms with Crippen molar-refractivity contribution in [1.29, 1.82) is 0 Å². The van der Waals surface area contributed by atoms with Gasteiger partial charge in [0.1, 0.15) is 5.82 Å². The molecule has 1 rings (SSSR count). The van der Waals surface area contributed by atoms with Crippen molar-refractivity contribution in [3.05, 3.63) is 29.6 Å². The molecule has 0 saturated heterocycles. The highest BCUT2D eigenvalue weighted by Gasteiger charge is 2.22. The minimum absolute atomic E-state index is 0.132. The first kappa shape index (κ1) is 18.1. The lowest BCUT2D eigenvalue weighted by molar-refractivity contribution is 0.417. The van der Waals surface area contributed by atoms with E-state index < -0.39 is 15.8 Å². The number of hydrogen-bond acceptors (Lipinski definition) is 3. The Labute approximate surface area is 127 Å². The highest BCUT2D eigenvalue weighted by molar-refractivity contribution is 7.89. The molecule has 0 unspecified atom stereocenters. The first-order valence-corrected chi connectivity index (χ1v) is 8.56. The van der Waals surface area contributed by atoms with Gasteiger partial charge in [0.25, 0.3) is 0 Å². The van der Waals surface area contributed by atoms with Crippen LogP contribution in [0.3, 0.4) is 0 Å². The second-order valence-corrected chi connectivity index (χ2v) is 8.01. The number of nitrogens with one attached hydrogen (secondary N) is 1. The number of sulfonamides is 1. The molecule has 0 atom stereocenters. The lowest BCUT2D eigenvalue weighted by Gasteiger charge is -2.20. The molecule has 0 radical (unpaired) electrons. The number of hydrogen-bond donors (Lipinski definition) is 1. The fraction of sp³-hybridized carbons (Fsp3) is 0.600. The van der Waals surface area contributed by atoms with Crippen LogP contribution in [0.1, 0.15) is 33.3 Å². The van der Waals surface area contributed by atoms with Crippen molar-refractivity contribution in [3.63, 3.8) is 0 Å². The van der Waals surface area contributed by atoms with E-state index in [1.165, 1.54) is 22.5 Å². The van der Waals surface area contributed by atoms with Gasteiger partial charge in [0, 0.05) is 31.7 Å². The van der Waals surface area contributed by atoms with Crippen molar-refractivity contribution in [2.45, 2.75) is 45.2 Å². The van der Waals surface area contributed by atoms with E-state index in [9.17, 15) is 12.8 Å². The predicted molar refractivity (Wildman–Crippen MR) is 83.0 cm³/mol. The topological polar surface area (TPSA) is 49.4 Å². The summed E-state index contributed by atoms with van der Waals surface area (Å²) in [6.45, 7) is 8.55. The van der Waals surface area contributed by atoms with E-state index in [1.807, 2.05) is 27.7 Å². The van der Waals surface area contributed by atoms with E-state index >= 15 is 0 Å². The van der Waals surface area contributed by atoms with Gasteiger partial charge in [0.2, 0.25) is 10.0 Å². The summed E-state index contributed by atoms with van der Waals surface area (Å²) in [7, 11) is -2.03. The molecule has 0 saturated carbocycles. The van der Waals surface area contributed by atoms with Gasteiger partial charge in [0.05, 0.1) is 4.90 Å². The van der Waals surface area contributed by atoms with Gasteiger partial charge in [-0.3, -0.25) is 0 Å². The third-order valence-electron chi connectivity index (χ3n) is 3.05. The SMILES string of the molecule is CC(C)CN(C)S(=O)(=O)c1ccc(F)c(CNC(C)C)c1. The maximum Gasteiger partial charge on any atom is 0.242 e. The van der Waals surface area contributed by atoms with Crippen molar-refractivity contribution in [1.82, 2.24) is 9.62 Å². The number of benzene rings is 1. The van der Waals surface area contributed by atoms with Crippen LogP contribution in [-0.4, -0.2) is 32.4 Å². The summed E-state index contributed by atoms with van der Waals surface area (Å²) in [6.07, 6.45) is 0. The van der Waals surface area contributed by atoms with Crippen molar-refractivity contribution < 1.29 is 12.8 Å². The molecule has 0 spiro atoms. The largest absolute Gasteiger partial charge is 0.310 e. The normalized spacial score (nSPS) is 12.6. The molecular formula is C15H25FN2O2S. The quantitative estimate of drug-likeness (QED) is 0.841. The van der Waals surface area contributed by atoms with Gasteiger partial charge in [-0.15, -0.1) is 0 Å². The van der Waals surface area contributed by atoms with Gasteiger partial charge in [-0.1, -0.05) is 27.7 Å². The zero-order chi connectivity index (χ0) is 16.2. The van der Waals surface area contributed by atoms with Crippen molar-refractivity contribution >= 4 is 10.0 Å². The summed E-state index contributed by atoms with van der Waals surface area (Å²) < 4.78 is 40.0. The highest BCUT2D eigenvalue weighted by atomic mass is 32.2. The Hall–Kier alpha value is -0.980. The molecule has 1 aromatic carbocycles. The first-order chi connectivity index (χ1) is 9.64. The minimum Gasteiger partial charge on any atom is -0.310 e. The van der Waals surface area contributed by atoms with E-state index in [1.54, 1.807) is 7.05 Å². The molecule has 0 aliphatic carbocycles. The van der Waals surface area contributed by atoms with Gasteiger partial charge in [-0.2, -0.15) is 0 Å². The Morgan fingerprint density at radius 1 is 1.24 bits per heavy atom. The van der Waals surface area contributed by atoms with Crippen LogP contribution < -0.4 is 5.32 Å². The molecular weight excluding hydrogens is 291 g/mol. The van der Waals surface area contributed by atoms with Gasteiger partial charge < -0.3 is 5.32 Å². The van der Waals surface area contributed by atoms with Crippen LogP contribution >= 0.6 is 0 Å². The molecule has 0 amide bonds. The fourth-order valence-corrected chi connectivity index (χ4v) is 3.34. The minimum atomic E-state index is -3.57. The molecule has 1 N–H and O–H groups in total. The lowest BCUT2D eigenvalue weighted by Crippen LogP contribution is -2.30. The Balaban J connectivity index is 3.05. The van der Waals surface area contributed by atoms with Crippen LogP contribution in [0, 0.1) is 11.7 Å². The second-order valence-electron chi connectivity index (χ2n) is 5.97. The van der Waals surface area contributed by atoms with E-state index in [0.29, 0.717) is 18.7 Å². The van der Waals surface area contributed by atoms with Crippen molar-refractivity contribution in [2.24, 2.45) is 5.92 Å². The molecule has 0 fully saturated rings. The molecule has 0 aromatic heterocycles. The molecule has 120 valence electrons. The molecule has 4 nitrogen and oxygen atoms in total. The van der Waals surface area contributed by atoms with Crippen molar-refractivity contribution in [2.75, 3.05) is 13.6 Å².